The molecule has 12 heavy (non-hydrogen) atoms. The Balaban J connectivity index is 2.25. The molecule has 1 saturated heterocycles. The van der Waals surface area contributed by atoms with Gasteiger partial charge in [0.25, 0.3) is 0 Å². The third-order valence-electron chi connectivity index (χ3n) is 2.66. The first-order chi connectivity index (χ1) is 5.74. The quantitative estimate of drug-likeness (QED) is 0.692. The van der Waals surface area contributed by atoms with Gasteiger partial charge in [-0.1, -0.05) is 0 Å². The number of halogens is 1. The molecule has 0 spiro atoms. The molecule has 0 saturated carbocycles. The summed E-state index contributed by atoms with van der Waals surface area (Å²) >= 11 is 0. The molecule has 0 aromatic rings. The molecule has 0 aromatic carbocycles. The third-order valence-corrected chi connectivity index (χ3v) is 2.66. The van der Waals surface area contributed by atoms with Crippen molar-refractivity contribution in [2.75, 3.05) is 26.7 Å². The lowest BCUT2D eigenvalue weighted by Crippen LogP contribution is -2.39. The van der Waals surface area contributed by atoms with Gasteiger partial charge >= 0.3 is 0 Å². The fourth-order valence-electron chi connectivity index (χ4n) is 1.81. The highest BCUT2D eigenvalue weighted by atomic mass is 19.1. The zero-order valence-corrected chi connectivity index (χ0v) is 7.80. The molecule has 0 aromatic heterocycles. The summed E-state index contributed by atoms with van der Waals surface area (Å²) in [6.07, 6.45) is 2.30. The van der Waals surface area contributed by atoms with Crippen LogP contribution in [0.2, 0.25) is 0 Å². The second-order valence-electron chi connectivity index (χ2n) is 3.76. The molecule has 1 rings (SSSR count). The average molecular weight is 174 g/mol. The fourth-order valence-corrected chi connectivity index (χ4v) is 1.81. The minimum Gasteiger partial charge on any atom is -0.330 e. The van der Waals surface area contributed by atoms with Crippen LogP contribution < -0.4 is 5.73 Å². The number of nitrogens with two attached hydrogens (primary N) is 1. The van der Waals surface area contributed by atoms with Crippen LogP contribution >= 0.6 is 0 Å². The van der Waals surface area contributed by atoms with E-state index in [9.17, 15) is 4.39 Å². The van der Waals surface area contributed by atoms with Gasteiger partial charge in [0.05, 0.1) is 0 Å². The molecule has 72 valence electrons. The van der Waals surface area contributed by atoms with E-state index in [1.54, 1.807) is 0 Å². The summed E-state index contributed by atoms with van der Waals surface area (Å²) in [6.45, 7) is 2.34. The van der Waals surface area contributed by atoms with E-state index in [0.29, 0.717) is 13.1 Å². The van der Waals surface area contributed by atoms with Gasteiger partial charge in [-0.3, -0.25) is 0 Å². The number of piperidine rings is 1. The molecule has 2 unspecified atom stereocenters. The number of hydrogen-bond acceptors (Lipinski definition) is 2. The molecule has 3 heteroatoms. The van der Waals surface area contributed by atoms with Gasteiger partial charge in [0, 0.05) is 6.54 Å². The maximum atomic E-state index is 13.3. The third kappa shape index (κ3) is 2.72. The number of rotatable bonds is 3. The highest BCUT2D eigenvalue weighted by molar-refractivity contribution is 4.78. The standard InChI is InChI=1S/C9H19FN2/c1-12-6-4-8(3-2-5-11)9(10)7-12/h8-9H,2-7,11H2,1H3. The van der Waals surface area contributed by atoms with Gasteiger partial charge in [0.1, 0.15) is 6.17 Å². The van der Waals surface area contributed by atoms with E-state index in [2.05, 4.69) is 4.90 Å². The second-order valence-corrected chi connectivity index (χ2v) is 3.76. The lowest BCUT2D eigenvalue weighted by molar-refractivity contribution is 0.0963. The summed E-state index contributed by atoms with van der Waals surface area (Å²) in [5.41, 5.74) is 5.39. The van der Waals surface area contributed by atoms with Gasteiger partial charge in [-0.2, -0.15) is 0 Å². The van der Waals surface area contributed by atoms with E-state index in [-0.39, 0.29) is 5.92 Å². The summed E-state index contributed by atoms with van der Waals surface area (Å²) in [5, 5.41) is 0. The summed E-state index contributed by atoms with van der Waals surface area (Å²) < 4.78 is 13.3. The van der Waals surface area contributed by atoms with Crippen LogP contribution in [-0.4, -0.2) is 37.8 Å². The van der Waals surface area contributed by atoms with E-state index >= 15 is 0 Å². The summed E-state index contributed by atoms with van der Waals surface area (Å²) in [7, 11) is 1.98. The van der Waals surface area contributed by atoms with E-state index in [1.807, 2.05) is 7.05 Å². The topological polar surface area (TPSA) is 29.3 Å². The highest BCUT2D eigenvalue weighted by Gasteiger charge is 2.26. The van der Waals surface area contributed by atoms with Gasteiger partial charge in [0.2, 0.25) is 0 Å². The largest absolute Gasteiger partial charge is 0.330 e. The Bertz CT molecular complexity index is 128. The number of hydrogen-bond donors (Lipinski definition) is 1. The molecule has 1 aliphatic heterocycles. The van der Waals surface area contributed by atoms with Crippen LogP contribution in [0.1, 0.15) is 19.3 Å². The molecule has 2 atom stereocenters. The van der Waals surface area contributed by atoms with Gasteiger partial charge in [-0.25, -0.2) is 4.39 Å². The van der Waals surface area contributed by atoms with Crippen LogP contribution in [0.4, 0.5) is 4.39 Å². The summed E-state index contributed by atoms with van der Waals surface area (Å²) in [6, 6.07) is 0. The Morgan fingerprint density at radius 3 is 2.92 bits per heavy atom. The van der Waals surface area contributed by atoms with Crippen LogP contribution in [0.25, 0.3) is 0 Å². The minimum atomic E-state index is -0.629. The van der Waals surface area contributed by atoms with Crippen LogP contribution in [0, 0.1) is 5.92 Å². The number of nitrogens with zero attached hydrogens (tertiary/aromatic N) is 1. The van der Waals surface area contributed by atoms with Crippen LogP contribution in [0.15, 0.2) is 0 Å². The van der Waals surface area contributed by atoms with Crippen molar-refractivity contribution in [2.24, 2.45) is 11.7 Å². The Labute approximate surface area is 73.9 Å². The van der Waals surface area contributed by atoms with Crippen LogP contribution in [-0.2, 0) is 0 Å². The van der Waals surface area contributed by atoms with Gasteiger partial charge in [-0.15, -0.1) is 0 Å². The molecule has 1 fully saturated rings. The Morgan fingerprint density at radius 2 is 2.33 bits per heavy atom. The first kappa shape index (κ1) is 9.93. The molecule has 0 aliphatic carbocycles. The first-order valence-electron chi connectivity index (χ1n) is 4.76. The van der Waals surface area contributed by atoms with E-state index in [4.69, 9.17) is 5.73 Å². The zero-order valence-electron chi connectivity index (χ0n) is 7.80. The Hall–Kier alpha value is -0.150. The van der Waals surface area contributed by atoms with Crippen molar-refractivity contribution in [3.8, 4) is 0 Å². The van der Waals surface area contributed by atoms with Crippen molar-refractivity contribution in [3.63, 3.8) is 0 Å². The Morgan fingerprint density at radius 1 is 1.58 bits per heavy atom. The van der Waals surface area contributed by atoms with Crippen molar-refractivity contribution in [3.05, 3.63) is 0 Å². The van der Waals surface area contributed by atoms with Crippen molar-refractivity contribution in [1.82, 2.24) is 4.90 Å². The molecule has 1 aliphatic rings. The van der Waals surface area contributed by atoms with E-state index in [0.717, 1.165) is 25.8 Å². The second kappa shape index (κ2) is 4.77. The lowest BCUT2D eigenvalue weighted by Gasteiger charge is -2.32. The SMILES string of the molecule is CN1CCC(CCCN)C(F)C1. The molecular weight excluding hydrogens is 155 g/mol. The predicted molar refractivity (Wildman–Crippen MR) is 48.8 cm³/mol. The maximum Gasteiger partial charge on any atom is 0.116 e. The van der Waals surface area contributed by atoms with Gasteiger partial charge in [0.15, 0.2) is 0 Å². The van der Waals surface area contributed by atoms with Crippen molar-refractivity contribution >= 4 is 0 Å². The van der Waals surface area contributed by atoms with Crippen molar-refractivity contribution in [2.45, 2.75) is 25.4 Å². The smallest absolute Gasteiger partial charge is 0.116 e. The summed E-state index contributed by atoms with van der Waals surface area (Å²) in [5.74, 6) is 0.268. The summed E-state index contributed by atoms with van der Waals surface area (Å²) in [4.78, 5) is 2.06. The van der Waals surface area contributed by atoms with E-state index < -0.39 is 6.17 Å². The zero-order chi connectivity index (χ0) is 8.97. The molecule has 2 nitrogen and oxygen atoms in total. The lowest BCUT2D eigenvalue weighted by atomic mass is 9.91. The molecule has 2 N–H and O–H groups in total. The molecule has 1 heterocycles. The van der Waals surface area contributed by atoms with Crippen LogP contribution in [0.3, 0.4) is 0 Å². The molecule has 0 radical (unpaired) electrons. The Kier molecular flexibility index (Phi) is 3.95. The maximum absolute atomic E-state index is 13.3. The normalized spacial score (nSPS) is 32.2. The fraction of sp³-hybridized carbons (Fsp3) is 1.00. The highest BCUT2D eigenvalue weighted by Crippen LogP contribution is 2.23. The van der Waals surface area contributed by atoms with Crippen molar-refractivity contribution < 1.29 is 4.39 Å². The average Bonchev–Trinajstić information content (AvgIpc) is 2.03. The first-order valence-corrected chi connectivity index (χ1v) is 4.76. The molecular formula is C9H19FN2. The van der Waals surface area contributed by atoms with Crippen molar-refractivity contribution in [1.29, 1.82) is 0 Å². The monoisotopic (exact) mass is 174 g/mol. The van der Waals surface area contributed by atoms with E-state index in [1.165, 1.54) is 0 Å². The molecule has 0 amide bonds. The molecule has 0 bridgehead atoms. The van der Waals surface area contributed by atoms with Gasteiger partial charge in [-0.05, 0) is 45.3 Å². The minimum absolute atomic E-state index is 0.268. The number of alkyl halides is 1. The van der Waals surface area contributed by atoms with Gasteiger partial charge < -0.3 is 10.6 Å². The predicted octanol–water partition coefficient (Wildman–Crippen LogP) is 1.02. The van der Waals surface area contributed by atoms with Crippen LogP contribution in [0.5, 0.6) is 0 Å². The number of likely N-dealkylation sites (tertiary alicyclic amines) is 1.